The Morgan fingerprint density at radius 3 is 2.78 bits per heavy atom. The summed E-state index contributed by atoms with van der Waals surface area (Å²) >= 11 is 5.22. The normalized spacial score (nSPS) is 16.4. The minimum Gasteiger partial charge on any atom is -0.356 e. The highest BCUT2D eigenvalue weighted by Gasteiger charge is 2.16. The van der Waals surface area contributed by atoms with E-state index in [1.165, 1.54) is 19.3 Å². The van der Waals surface area contributed by atoms with Crippen LogP contribution in [0.15, 0.2) is 21.8 Å². The van der Waals surface area contributed by atoms with Gasteiger partial charge in [-0.15, -0.1) is 11.8 Å². The predicted molar refractivity (Wildman–Crippen MR) is 78.5 cm³/mol. The number of halogens is 1. The van der Waals surface area contributed by atoms with Gasteiger partial charge in [0, 0.05) is 19.2 Å². The molecule has 1 aliphatic heterocycles. The van der Waals surface area contributed by atoms with Crippen molar-refractivity contribution in [1.82, 2.24) is 14.6 Å². The lowest BCUT2D eigenvalue weighted by Gasteiger charge is -2.28. The third-order valence-electron chi connectivity index (χ3n) is 3.27. The highest BCUT2D eigenvalue weighted by molar-refractivity contribution is 9.10. The maximum Gasteiger partial charge on any atom is 0.172 e. The molecule has 0 N–H and O–H groups in total. The summed E-state index contributed by atoms with van der Waals surface area (Å²) in [6, 6.07) is 2.14. The van der Waals surface area contributed by atoms with Crippen molar-refractivity contribution in [3.05, 3.63) is 16.7 Å². The zero-order chi connectivity index (χ0) is 12.5. The lowest BCUT2D eigenvalue weighted by molar-refractivity contribution is 0.572. The van der Waals surface area contributed by atoms with E-state index in [-0.39, 0.29) is 0 Å². The van der Waals surface area contributed by atoms with E-state index in [2.05, 4.69) is 38.3 Å². The SMILES string of the molecule is CSc1cc(N2CCCCC2)nc2c(Br)cnn12. The number of fused-ring (bicyclic) bond motifs is 1. The van der Waals surface area contributed by atoms with Gasteiger partial charge in [0.1, 0.15) is 10.8 Å². The third kappa shape index (κ3) is 2.12. The summed E-state index contributed by atoms with van der Waals surface area (Å²) in [4.78, 5) is 7.11. The molecule has 2 aromatic heterocycles. The molecule has 6 heteroatoms. The second-order valence-electron chi connectivity index (χ2n) is 4.43. The van der Waals surface area contributed by atoms with E-state index in [0.29, 0.717) is 0 Å². The number of aromatic nitrogens is 3. The van der Waals surface area contributed by atoms with Gasteiger partial charge in [-0.25, -0.2) is 9.50 Å². The van der Waals surface area contributed by atoms with Crippen LogP contribution in [0.2, 0.25) is 0 Å². The molecule has 1 fully saturated rings. The van der Waals surface area contributed by atoms with E-state index in [0.717, 1.165) is 34.1 Å². The summed E-state index contributed by atoms with van der Waals surface area (Å²) < 4.78 is 2.85. The molecular formula is C12H15BrN4S. The zero-order valence-corrected chi connectivity index (χ0v) is 12.7. The minimum atomic E-state index is 0.905. The molecule has 4 nitrogen and oxygen atoms in total. The van der Waals surface area contributed by atoms with E-state index in [1.54, 1.807) is 11.8 Å². The Morgan fingerprint density at radius 2 is 2.06 bits per heavy atom. The highest BCUT2D eigenvalue weighted by atomic mass is 79.9. The molecule has 1 aliphatic rings. The molecule has 96 valence electrons. The van der Waals surface area contributed by atoms with E-state index < -0.39 is 0 Å². The van der Waals surface area contributed by atoms with Gasteiger partial charge in [0.25, 0.3) is 0 Å². The van der Waals surface area contributed by atoms with Crippen LogP contribution in [0, 0.1) is 0 Å². The van der Waals surface area contributed by atoms with Gasteiger partial charge in [0.2, 0.25) is 0 Å². The molecule has 0 aromatic carbocycles. The molecule has 2 aromatic rings. The summed E-state index contributed by atoms with van der Waals surface area (Å²) in [5.41, 5.74) is 0.905. The molecule has 18 heavy (non-hydrogen) atoms. The first-order valence-corrected chi connectivity index (χ1v) is 8.14. The molecule has 0 radical (unpaired) electrons. The quantitative estimate of drug-likeness (QED) is 0.626. The fourth-order valence-corrected chi connectivity index (χ4v) is 3.20. The summed E-state index contributed by atoms with van der Waals surface area (Å²) in [5, 5.41) is 5.47. The predicted octanol–water partition coefficient (Wildman–Crippen LogP) is 3.20. The maximum absolute atomic E-state index is 4.73. The van der Waals surface area contributed by atoms with Gasteiger partial charge in [-0.05, 0) is 41.4 Å². The van der Waals surface area contributed by atoms with Crippen molar-refractivity contribution < 1.29 is 0 Å². The Morgan fingerprint density at radius 1 is 1.28 bits per heavy atom. The Hall–Kier alpha value is -0.750. The Labute approximate surface area is 119 Å². The monoisotopic (exact) mass is 326 g/mol. The lowest BCUT2D eigenvalue weighted by atomic mass is 10.1. The second-order valence-corrected chi connectivity index (χ2v) is 6.11. The van der Waals surface area contributed by atoms with Gasteiger partial charge < -0.3 is 4.90 Å². The van der Waals surface area contributed by atoms with E-state index in [4.69, 9.17) is 4.98 Å². The van der Waals surface area contributed by atoms with E-state index in [9.17, 15) is 0 Å². The summed E-state index contributed by atoms with van der Waals surface area (Å²) in [7, 11) is 0. The molecule has 0 spiro atoms. The number of hydrogen-bond donors (Lipinski definition) is 0. The van der Waals surface area contributed by atoms with Gasteiger partial charge in [-0.2, -0.15) is 5.10 Å². The van der Waals surface area contributed by atoms with E-state index >= 15 is 0 Å². The van der Waals surface area contributed by atoms with Crippen molar-refractivity contribution in [1.29, 1.82) is 0 Å². The number of thioether (sulfide) groups is 1. The van der Waals surface area contributed by atoms with Gasteiger partial charge in [0.15, 0.2) is 5.65 Å². The second kappa shape index (κ2) is 5.09. The van der Waals surface area contributed by atoms with Crippen LogP contribution >= 0.6 is 27.7 Å². The topological polar surface area (TPSA) is 33.4 Å². The zero-order valence-electron chi connectivity index (χ0n) is 10.3. The molecule has 1 saturated heterocycles. The number of piperidine rings is 1. The van der Waals surface area contributed by atoms with Crippen molar-refractivity contribution in [2.45, 2.75) is 24.3 Å². The van der Waals surface area contributed by atoms with Crippen LogP contribution in [0.5, 0.6) is 0 Å². The average molecular weight is 327 g/mol. The number of anilines is 1. The summed E-state index contributed by atoms with van der Waals surface area (Å²) in [6.45, 7) is 2.23. The fraction of sp³-hybridized carbons (Fsp3) is 0.500. The summed E-state index contributed by atoms with van der Waals surface area (Å²) in [5.74, 6) is 1.08. The first kappa shape index (κ1) is 12.3. The van der Waals surface area contributed by atoms with Crippen LogP contribution < -0.4 is 4.90 Å². The first-order valence-electron chi connectivity index (χ1n) is 6.13. The molecule has 0 bridgehead atoms. The van der Waals surface area contributed by atoms with Crippen molar-refractivity contribution in [3.8, 4) is 0 Å². The van der Waals surface area contributed by atoms with Crippen molar-refractivity contribution in [3.63, 3.8) is 0 Å². The molecule has 3 rings (SSSR count). The minimum absolute atomic E-state index is 0.905. The Bertz CT molecular complexity index is 562. The highest BCUT2D eigenvalue weighted by Crippen LogP contribution is 2.27. The molecule has 3 heterocycles. The van der Waals surface area contributed by atoms with Crippen LogP contribution in [-0.2, 0) is 0 Å². The Kier molecular flexibility index (Phi) is 3.48. The first-order chi connectivity index (χ1) is 8.79. The van der Waals surface area contributed by atoms with Crippen LogP contribution in [0.3, 0.4) is 0 Å². The Balaban J connectivity index is 2.08. The van der Waals surface area contributed by atoms with Crippen LogP contribution in [-0.4, -0.2) is 33.9 Å². The van der Waals surface area contributed by atoms with Gasteiger partial charge >= 0.3 is 0 Å². The third-order valence-corrected chi connectivity index (χ3v) is 4.54. The smallest absolute Gasteiger partial charge is 0.172 e. The van der Waals surface area contributed by atoms with Crippen molar-refractivity contribution in [2.24, 2.45) is 0 Å². The van der Waals surface area contributed by atoms with Gasteiger partial charge in [-0.3, -0.25) is 0 Å². The standard InChI is InChI=1S/C12H15BrN4S/c1-18-11-7-10(16-5-3-2-4-6-16)15-12-9(13)8-14-17(11)12/h7-8H,2-6H2,1H3. The largest absolute Gasteiger partial charge is 0.356 e. The molecular weight excluding hydrogens is 312 g/mol. The molecule has 0 amide bonds. The number of hydrogen-bond acceptors (Lipinski definition) is 4. The summed E-state index contributed by atoms with van der Waals surface area (Å²) in [6.07, 6.45) is 7.75. The average Bonchev–Trinajstić information content (AvgIpc) is 2.81. The number of rotatable bonds is 2. The van der Waals surface area contributed by atoms with Gasteiger partial charge in [-0.1, -0.05) is 0 Å². The van der Waals surface area contributed by atoms with Gasteiger partial charge in [0.05, 0.1) is 10.7 Å². The molecule has 0 unspecified atom stereocenters. The van der Waals surface area contributed by atoms with Crippen LogP contribution in [0.4, 0.5) is 5.82 Å². The number of nitrogens with zero attached hydrogens (tertiary/aromatic N) is 4. The van der Waals surface area contributed by atoms with E-state index in [1.807, 2.05) is 10.7 Å². The molecule has 0 atom stereocenters. The lowest BCUT2D eigenvalue weighted by Crippen LogP contribution is -2.30. The maximum atomic E-state index is 4.73. The van der Waals surface area contributed by atoms with Crippen LogP contribution in [0.25, 0.3) is 5.65 Å². The molecule has 0 aliphatic carbocycles. The van der Waals surface area contributed by atoms with Crippen molar-refractivity contribution in [2.75, 3.05) is 24.2 Å². The van der Waals surface area contributed by atoms with Crippen molar-refractivity contribution >= 4 is 39.2 Å². The van der Waals surface area contributed by atoms with Crippen LogP contribution in [0.1, 0.15) is 19.3 Å². The fourth-order valence-electron chi connectivity index (χ4n) is 2.33. The molecule has 0 saturated carbocycles.